The minimum absolute atomic E-state index is 0.00617. The zero-order chi connectivity index (χ0) is 20.8. The van der Waals surface area contributed by atoms with Crippen LogP contribution in [0.2, 0.25) is 0 Å². The standard InChI is InChI=1S/C20H29N5O4/c1-15-12-22-18(13-21-15)20(28)25(14-17-4-3-11-29-17)6-5-19(27)24-9-7-23(8-10-24)16(2)26/h12-13,17H,3-11,14H2,1-2H3/t17-/m0/s1. The highest BCUT2D eigenvalue weighted by Gasteiger charge is 2.27. The molecule has 0 spiro atoms. The molecule has 0 N–H and O–H groups in total. The van der Waals surface area contributed by atoms with Crippen LogP contribution in [0.3, 0.4) is 0 Å². The van der Waals surface area contributed by atoms with E-state index in [0.29, 0.717) is 45.9 Å². The van der Waals surface area contributed by atoms with Gasteiger partial charge in [0.25, 0.3) is 5.91 Å². The van der Waals surface area contributed by atoms with Crippen molar-refractivity contribution in [3.8, 4) is 0 Å². The van der Waals surface area contributed by atoms with Crippen LogP contribution < -0.4 is 0 Å². The van der Waals surface area contributed by atoms with E-state index in [1.54, 1.807) is 27.8 Å². The van der Waals surface area contributed by atoms with Crippen molar-refractivity contribution in [2.24, 2.45) is 0 Å². The molecule has 3 heterocycles. The lowest BCUT2D eigenvalue weighted by atomic mass is 10.2. The van der Waals surface area contributed by atoms with Crippen LogP contribution in [0.4, 0.5) is 0 Å². The predicted octanol–water partition coefficient (Wildman–Crippen LogP) is 0.487. The molecule has 3 amide bonds. The maximum Gasteiger partial charge on any atom is 0.274 e. The molecule has 0 bridgehead atoms. The predicted molar refractivity (Wildman–Crippen MR) is 105 cm³/mol. The van der Waals surface area contributed by atoms with Gasteiger partial charge in [-0.15, -0.1) is 0 Å². The van der Waals surface area contributed by atoms with Crippen molar-refractivity contribution in [1.29, 1.82) is 0 Å². The van der Waals surface area contributed by atoms with E-state index >= 15 is 0 Å². The Bertz CT molecular complexity index is 725. The summed E-state index contributed by atoms with van der Waals surface area (Å²) in [5.41, 5.74) is 1.02. The normalized spacial score (nSPS) is 19.3. The van der Waals surface area contributed by atoms with E-state index in [0.717, 1.165) is 18.5 Å². The topological polar surface area (TPSA) is 95.9 Å². The number of amides is 3. The summed E-state index contributed by atoms with van der Waals surface area (Å²) in [6.07, 6.45) is 5.16. The smallest absolute Gasteiger partial charge is 0.274 e. The molecular weight excluding hydrogens is 374 g/mol. The molecule has 0 aromatic carbocycles. The maximum atomic E-state index is 12.9. The van der Waals surface area contributed by atoms with Gasteiger partial charge in [-0.1, -0.05) is 0 Å². The third kappa shape index (κ3) is 5.72. The molecule has 29 heavy (non-hydrogen) atoms. The van der Waals surface area contributed by atoms with Crippen LogP contribution in [0.25, 0.3) is 0 Å². The third-order valence-corrected chi connectivity index (χ3v) is 5.41. The SMILES string of the molecule is CC(=O)N1CCN(C(=O)CCN(C[C@@H]2CCCO2)C(=O)c2cnc(C)cn2)CC1. The largest absolute Gasteiger partial charge is 0.376 e. The van der Waals surface area contributed by atoms with Crippen molar-refractivity contribution in [2.75, 3.05) is 45.9 Å². The first-order valence-electron chi connectivity index (χ1n) is 10.2. The van der Waals surface area contributed by atoms with Gasteiger partial charge < -0.3 is 19.4 Å². The fourth-order valence-corrected chi connectivity index (χ4v) is 3.63. The lowest BCUT2D eigenvalue weighted by Gasteiger charge is -2.34. The highest BCUT2D eigenvalue weighted by atomic mass is 16.5. The highest BCUT2D eigenvalue weighted by Crippen LogP contribution is 2.15. The minimum atomic E-state index is -0.234. The van der Waals surface area contributed by atoms with Crippen LogP contribution >= 0.6 is 0 Å². The van der Waals surface area contributed by atoms with Gasteiger partial charge in [0, 0.05) is 65.4 Å². The second-order valence-corrected chi connectivity index (χ2v) is 7.57. The number of hydrogen-bond acceptors (Lipinski definition) is 6. The second kappa shape index (κ2) is 9.78. The molecule has 0 unspecified atom stereocenters. The van der Waals surface area contributed by atoms with E-state index in [9.17, 15) is 14.4 Å². The van der Waals surface area contributed by atoms with Crippen molar-refractivity contribution in [2.45, 2.75) is 39.2 Å². The first kappa shape index (κ1) is 21.2. The van der Waals surface area contributed by atoms with Gasteiger partial charge in [-0.2, -0.15) is 0 Å². The average molecular weight is 403 g/mol. The molecule has 0 radical (unpaired) electrons. The zero-order valence-corrected chi connectivity index (χ0v) is 17.2. The van der Waals surface area contributed by atoms with Crippen LogP contribution in [0.15, 0.2) is 12.4 Å². The Morgan fingerprint density at radius 3 is 2.45 bits per heavy atom. The molecule has 1 aromatic rings. The Morgan fingerprint density at radius 2 is 1.86 bits per heavy atom. The summed E-state index contributed by atoms with van der Waals surface area (Å²) in [5, 5.41) is 0. The molecule has 158 valence electrons. The molecular formula is C20H29N5O4. The summed E-state index contributed by atoms with van der Waals surface area (Å²) in [6.45, 7) is 6.98. The average Bonchev–Trinajstić information content (AvgIpc) is 3.24. The lowest BCUT2D eigenvalue weighted by Crippen LogP contribution is -2.50. The first-order chi connectivity index (χ1) is 13.9. The number of piperazine rings is 1. The number of aryl methyl sites for hydroxylation is 1. The van der Waals surface area contributed by atoms with Gasteiger partial charge in [0.1, 0.15) is 5.69 Å². The number of rotatable bonds is 6. The van der Waals surface area contributed by atoms with E-state index in [1.807, 2.05) is 6.92 Å². The summed E-state index contributed by atoms with van der Waals surface area (Å²) in [5.74, 6) is -0.208. The van der Waals surface area contributed by atoms with E-state index in [2.05, 4.69) is 9.97 Å². The van der Waals surface area contributed by atoms with Crippen molar-refractivity contribution in [3.63, 3.8) is 0 Å². The first-order valence-corrected chi connectivity index (χ1v) is 10.2. The Morgan fingerprint density at radius 1 is 1.14 bits per heavy atom. The number of carbonyl (C=O) groups is 3. The molecule has 0 saturated carbocycles. The van der Waals surface area contributed by atoms with Crippen molar-refractivity contribution >= 4 is 17.7 Å². The molecule has 2 saturated heterocycles. The number of aromatic nitrogens is 2. The minimum Gasteiger partial charge on any atom is -0.376 e. The Labute approximate surface area is 171 Å². The fourth-order valence-electron chi connectivity index (χ4n) is 3.63. The second-order valence-electron chi connectivity index (χ2n) is 7.57. The molecule has 2 fully saturated rings. The number of hydrogen-bond donors (Lipinski definition) is 0. The molecule has 2 aliphatic rings. The fraction of sp³-hybridized carbons (Fsp3) is 0.650. The molecule has 1 aromatic heterocycles. The van der Waals surface area contributed by atoms with E-state index in [-0.39, 0.29) is 35.9 Å². The monoisotopic (exact) mass is 403 g/mol. The summed E-state index contributed by atoms with van der Waals surface area (Å²) < 4.78 is 5.68. The van der Waals surface area contributed by atoms with Crippen LogP contribution in [-0.2, 0) is 14.3 Å². The van der Waals surface area contributed by atoms with E-state index < -0.39 is 0 Å². The number of ether oxygens (including phenoxy) is 1. The van der Waals surface area contributed by atoms with Crippen molar-refractivity contribution in [1.82, 2.24) is 24.7 Å². The van der Waals surface area contributed by atoms with Gasteiger partial charge in [0.05, 0.1) is 18.0 Å². The molecule has 2 aliphatic heterocycles. The Hall–Kier alpha value is -2.55. The highest BCUT2D eigenvalue weighted by molar-refractivity contribution is 5.92. The Kier molecular flexibility index (Phi) is 7.13. The quantitative estimate of drug-likeness (QED) is 0.686. The van der Waals surface area contributed by atoms with Crippen LogP contribution in [-0.4, -0.2) is 94.4 Å². The maximum absolute atomic E-state index is 12.9. The summed E-state index contributed by atoms with van der Waals surface area (Å²) >= 11 is 0. The lowest BCUT2D eigenvalue weighted by molar-refractivity contribution is -0.138. The van der Waals surface area contributed by atoms with E-state index in [1.165, 1.54) is 6.20 Å². The van der Waals surface area contributed by atoms with Crippen LogP contribution in [0.5, 0.6) is 0 Å². The molecule has 1 atom stereocenters. The molecule has 9 nitrogen and oxygen atoms in total. The zero-order valence-electron chi connectivity index (χ0n) is 17.2. The molecule has 9 heteroatoms. The van der Waals surface area contributed by atoms with Crippen LogP contribution in [0, 0.1) is 6.92 Å². The summed E-state index contributed by atoms with van der Waals surface area (Å²) in [6, 6.07) is 0. The van der Waals surface area contributed by atoms with Gasteiger partial charge in [0.15, 0.2) is 0 Å². The van der Waals surface area contributed by atoms with Gasteiger partial charge in [-0.3, -0.25) is 19.4 Å². The Balaban J connectivity index is 1.59. The van der Waals surface area contributed by atoms with Gasteiger partial charge in [-0.05, 0) is 19.8 Å². The molecule has 0 aliphatic carbocycles. The van der Waals surface area contributed by atoms with Gasteiger partial charge in [-0.25, -0.2) is 4.98 Å². The number of nitrogens with zero attached hydrogens (tertiary/aromatic N) is 5. The van der Waals surface area contributed by atoms with Crippen molar-refractivity contribution in [3.05, 3.63) is 23.8 Å². The summed E-state index contributed by atoms with van der Waals surface area (Å²) in [7, 11) is 0. The summed E-state index contributed by atoms with van der Waals surface area (Å²) in [4.78, 5) is 50.5. The van der Waals surface area contributed by atoms with E-state index in [4.69, 9.17) is 4.74 Å². The van der Waals surface area contributed by atoms with Crippen LogP contribution in [0.1, 0.15) is 42.4 Å². The third-order valence-electron chi connectivity index (χ3n) is 5.41. The van der Waals surface area contributed by atoms with Gasteiger partial charge >= 0.3 is 0 Å². The van der Waals surface area contributed by atoms with Crippen molar-refractivity contribution < 1.29 is 19.1 Å². The van der Waals surface area contributed by atoms with Gasteiger partial charge in [0.2, 0.25) is 11.8 Å². The number of carbonyl (C=O) groups excluding carboxylic acids is 3. The molecule has 3 rings (SSSR count).